The summed E-state index contributed by atoms with van der Waals surface area (Å²) < 4.78 is 5.52. The first kappa shape index (κ1) is 18.1. The number of para-hydroxylation sites is 1. The molecule has 1 aliphatic rings. The number of hydrogen-bond acceptors (Lipinski definition) is 6. The molecular weight excluding hydrogens is 332 g/mol. The van der Waals surface area contributed by atoms with Gasteiger partial charge in [0.15, 0.2) is 0 Å². The van der Waals surface area contributed by atoms with Crippen molar-refractivity contribution in [1.82, 2.24) is 15.3 Å². The van der Waals surface area contributed by atoms with Crippen molar-refractivity contribution in [3.63, 3.8) is 0 Å². The lowest BCUT2D eigenvalue weighted by Crippen LogP contribution is -2.54. The van der Waals surface area contributed by atoms with Crippen LogP contribution >= 0.6 is 0 Å². The number of rotatable bonds is 7. The second-order valence-corrected chi connectivity index (χ2v) is 6.50. The molecule has 3 rings (SSSR count). The number of ether oxygens (including phenoxy) is 1. The van der Waals surface area contributed by atoms with E-state index in [-0.39, 0.29) is 18.9 Å². The van der Waals surface area contributed by atoms with Gasteiger partial charge < -0.3 is 20.1 Å². The van der Waals surface area contributed by atoms with E-state index in [1.165, 1.54) is 0 Å². The Kier molecular flexibility index (Phi) is 6.01. The number of carbonyl (C=O) groups excluding carboxylic acids is 1. The average molecular weight is 356 g/mol. The van der Waals surface area contributed by atoms with Crippen LogP contribution in [0.3, 0.4) is 0 Å². The average Bonchev–Trinajstić information content (AvgIpc) is 2.68. The predicted octanol–water partition coefficient (Wildman–Crippen LogP) is 1.39. The van der Waals surface area contributed by atoms with Crippen LogP contribution in [0, 0.1) is 0 Å². The molecule has 0 saturated carbocycles. The second-order valence-electron chi connectivity index (χ2n) is 6.50. The fraction of sp³-hybridized carbons (Fsp3) is 0.421. The van der Waals surface area contributed by atoms with Gasteiger partial charge in [0.2, 0.25) is 5.91 Å². The lowest BCUT2D eigenvalue weighted by atomic mass is 9.92. The Hall–Kier alpha value is -2.67. The smallest absolute Gasteiger partial charge is 0.223 e. The Morgan fingerprint density at radius 3 is 2.92 bits per heavy atom. The van der Waals surface area contributed by atoms with Crippen molar-refractivity contribution in [1.29, 1.82) is 0 Å². The number of benzene rings is 1. The molecule has 7 heteroatoms. The highest BCUT2D eigenvalue weighted by Crippen LogP contribution is 2.23. The van der Waals surface area contributed by atoms with E-state index in [2.05, 4.69) is 15.3 Å². The number of anilines is 1. The van der Waals surface area contributed by atoms with Crippen LogP contribution < -0.4 is 15.0 Å². The molecule has 0 unspecified atom stereocenters. The van der Waals surface area contributed by atoms with Gasteiger partial charge in [0.1, 0.15) is 11.6 Å². The van der Waals surface area contributed by atoms with E-state index in [1.807, 2.05) is 35.2 Å². The fourth-order valence-corrected chi connectivity index (χ4v) is 3.04. The van der Waals surface area contributed by atoms with Gasteiger partial charge >= 0.3 is 0 Å². The van der Waals surface area contributed by atoms with Crippen LogP contribution in [-0.4, -0.2) is 52.8 Å². The van der Waals surface area contributed by atoms with Crippen LogP contribution in [-0.2, 0) is 4.79 Å². The molecule has 0 spiro atoms. The van der Waals surface area contributed by atoms with Crippen molar-refractivity contribution >= 4 is 11.7 Å². The van der Waals surface area contributed by atoms with Crippen LogP contribution in [0.5, 0.6) is 5.75 Å². The van der Waals surface area contributed by atoms with Gasteiger partial charge in [-0.15, -0.1) is 0 Å². The number of aromatic nitrogens is 2. The number of hydrogen-bond donors (Lipinski definition) is 2. The van der Waals surface area contributed by atoms with Crippen LogP contribution in [0.1, 0.15) is 19.3 Å². The van der Waals surface area contributed by atoms with Gasteiger partial charge in [0.05, 0.1) is 24.8 Å². The van der Waals surface area contributed by atoms with E-state index >= 15 is 0 Å². The minimum absolute atomic E-state index is 0.133. The Bertz CT molecular complexity index is 698. The highest BCUT2D eigenvalue weighted by Gasteiger charge is 2.34. The number of carbonyl (C=O) groups is 1. The maximum atomic E-state index is 12.0. The summed E-state index contributed by atoms with van der Waals surface area (Å²) in [6.07, 6.45) is 6.67. The Morgan fingerprint density at radius 2 is 2.15 bits per heavy atom. The van der Waals surface area contributed by atoms with Gasteiger partial charge in [-0.05, 0) is 25.0 Å². The predicted molar refractivity (Wildman–Crippen MR) is 98.0 cm³/mol. The minimum atomic E-state index is -0.967. The molecule has 2 aromatic rings. The molecule has 0 radical (unpaired) electrons. The molecule has 0 aliphatic carbocycles. The molecule has 26 heavy (non-hydrogen) atoms. The molecule has 1 saturated heterocycles. The summed E-state index contributed by atoms with van der Waals surface area (Å²) in [5, 5.41) is 13.6. The molecular formula is C19H24N4O3. The summed E-state index contributed by atoms with van der Waals surface area (Å²) in [7, 11) is 0. The van der Waals surface area contributed by atoms with Crippen molar-refractivity contribution in [3.8, 4) is 5.75 Å². The van der Waals surface area contributed by atoms with Crippen LogP contribution in [0.4, 0.5) is 5.82 Å². The molecule has 1 fully saturated rings. The standard InChI is InChI=1S/C19H24N4O3/c24-18(7-12-26-16-5-2-1-3-6-16)22-14-19(25)8-4-11-23(15-19)17-13-20-9-10-21-17/h1-3,5-6,9-10,13,25H,4,7-8,11-12,14-15H2,(H,22,24)/t19-/m0/s1. The number of amides is 1. The van der Waals surface area contributed by atoms with Crippen LogP contribution in [0.25, 0.3) is 0 Å². The number of piperidine rings is 1. The summed E-state index contributed by atoms with van der Waals surface area (Å²) in [4.78, 5) is 22.4. The van der Waals surface area contributed by atoms with Crippen LogP contribution in [0.2, 0.25) is 0 Å². The van der Waals surface area contributed by atoms with E-state index in [9.17, 15) is 9.90 Å². The molecule has 2 heterocycles. The fourth-order valence-electron chi connectivity index (χ4n) is 3.04. The summed E-state index contributed by atoms with van der Waals surface area (Å²) in [5.74, 6) is 1.35. The lowest BCUT2D eigenvalue weighted by Gasteiger charge is -2.39. The van der Waals surface area contributed by atoms with Crippen molar-refractivity contribution < 1.29 is 14.6 Å². The largest absolute Gasteiger partial charge is 0.493 e. The second kappa shape index (κ2) is 8.62. The van der Waals surface area contributed by atoms with Crippen molar-refractivity contribution in [2.45, 2.75) is 24.9 Å². The van der Waals surface area contributed by atoms with Gasteiger partial charge in [0.25, 0.3) is 0 Å². The summed E-state index contributed by atoms with van der Waals surface area (Å²) in [5.41, 5.74) is -0.967. The molecule has 1 aromatic heterocycles. The highest BCUT2D eigenvalue weighted by molar-refractivity contribution is 5.76. The zero-order valence-corrected chi connectivity index (χ0v) is 14.7. The molecule has 7 nitrogen and oxygen atoms in total. The highest BCUT2D eigenvalue weighted by atomic mass is 16.5. The van der Waals surface area contributed by atoms with Crippen LogP contribution in [0.15, 0.2) is 48.9 Å². The summed E-state index contributed by atoms with van der Waals surface area (Å²) >= 11 is 0. The van der Waals surface area contributed by atoms with Gasteiger partial charge in [0, 0.05) is 32.0 Å². The van der Waals surface area contributed by atoms with Gasteiger partial charge in [-0.3, -0.25) is 9.78 Å². The number of nitrogens with zero attached hydrogens (tertiary/aromatic N) is 3. The van der Waals surface area contributed by atoms with E-state index < -0.39 is 5.60 Å². The van der Waals surface area contributed by atoms with Gasteiger partial charge in [-0.25, -0.2) is 4.98 Å². The first-order chi connectivity index (χ1) is 12.6. The van der Waals surface area contributed by atoms with E-state index in [0.29, 0.717) is 19.6 Å². The number of aliphatic hydroxyl groups is 1. The molecule has 1 aromatic carbocycles. The van der Waals surface area contributed by atoms with Crippen molar-refractivity contribution in [2.24, 2.45) is 0 Å². The Labute approximate surface area is 153 Å². The van der Waals surface area contributed by atoms with E-state index in [1.54, 1.807) is 18.6 Å². The molecule has 1 aliphatic heterocycles. The SMILES string of the molecule is O=C(CCOc1ccccc1)NC[C@@]1(O)CCCN(c2cnccn2)C1. The zero-order chi connectivity index (χ0) is 18.2. The molecule has 138 valence electrons. The molecule has 1 amide bonds. The Morgan fingerprint density at radius 1 is 1.31 bits per heavy atom. The Balaban J connectivity index is 1.43. The maximum Gasteiger partial charge on any atom is 0.223 e. The lowest BCUT2D eigenvalue weighted by molar-refractivity contribution is -0.123. The normalized spacial score (nSPS) is 19.8. The van der Waals surface area contributed by atoms with E-state index in [4.69, 9.17) is 4.74 Å². The number of nitrogens with one attached hydrogen (secondary N) is 1. The number of β-amino-alcohol motifs (C(OH)–C–C–N with tert-alkyl or cyclic N) is 1. The van der Waals surface area contributed by atoms with Crippen molar-refractivity contribution in [3.05, 3.63) is 48.9 Å². The minimum Gasteiger partial charge on any atom is -0.493 e. The third-order valence-corrected chi connectivity index (χ3v) is 4.38. The first-order valence-electron chi connectivity index (χ1n) is 8.83. The van der Waals surface area contributed by atoms with Crippen molar-refractivity contribution in [2.75, 3.05) is 31.1 Å². The maximum absolute atomic E-state index is 12.0. The molecule has 2 N–H and O–H groups in total. The quantitative estimate of drug-likeness (QED) is 0.780. The first-order valence-corrected chi connectivity index (χ1v) is 8.83. The topological polar surface area (TPSA) is 87.6 Å². The monoisotopic (exact) mass is 356 g/mol. The summed E-state index contributed by atoms with van der Waals surface area (Å²) in [6.45, 7) is 1.76. The van der Waals surface area contributed by atoms with Gasteiger partial charge in [-0.1, -0.05) is 18.2 Å². The molecule has 1 atom stereocenters. The third kappa shape index (κ3) is 5.16. The summed E-state index contributed by atoms with van der Waals surface area (Å²) in [6, 6.07) is 9.38. The third-order valence-electron chi connectivity index (χ3n) is 4.38. The van der Waals surface area contributed by atoms with E-state index in [0.717, 1.165) is 24.5 Å². The van der Waals surface area contributed by atoms with Gasteiger partial charge in [-0.2, -0.15) is 0 Å². The zero-order valence-electron chi connectivity index (χ0n) is 14.7. The molecule has 0 bridgehead atoms.